The molecular formula is C19H24N8. The van der Waals surface area contributed by atoms with Crippen LogP contribution in [0.3, 0.4) is 0 Å². The number of nitrogens with one attached hydrogen (secondary N) is 1. The van der Waals surface area contributed by atoms with Gasteiger partial charge < -0.3 is 10.2 Å². The summed E-state index contributed by atoms with van der Waals surface area (Å²) in [6.07, 6.45) is 4.60. The summed E-state index contributed by atoms with van der Waals surface area (Å²) in [6, 6.07) is 10.6. The molecule has 140 valence electrons. The van der Waals surface area contributed by atoms with Crippen LogP contribution in [0, 0.1) is 6.92 Å². The molecule has 0 radical (unpaired) electrons. The van der Waals surface area contributed by atoms with Gasteiger partial charge in [-0.2, -0.15) is 4.68 Å². The number of aromatic nitrogens is 6. The summed E-state index contributed by atoms with van der Waals surface area (Å²) in [6.45, 7) is 6.08. The van der Waals surface area contributed by atoms with Crippen molar-refractivity contribution in [1.82, 2.24) is 30.2 Å². The van der Waals surface area contributed by atoms with E-state index < -0.39 is 0 Å². The summed E-state index contributed by atoms with van der Waals surface area (Å²) < 4.78 is 1.75. The maximum absolute atomic E-state index is 4.43. The van der Waals surface area contributed by atoms with E-state index in [1.807, 2.05) is 12.1 Å². The summed E-state index contributed by atoms with van der Waals surface area (Å²) in [5, 5.41) is 15.6. The molecule has 4 rings (SSSR count). The van der Waals surface area contributed by atoms with E-state index in [9.17, 15) is 0 Å². The highest BCUT2D eigenvalue weighted by Gasteiger charge is 2.22. The molecule has 3 aromatic rings. The number of anilines is 2. The molecule has 1 N–H and O–H groups in total. The predicted octanol–water partition coefficient (Wildman–Crippen LogP) is 2.40. The van der Waals surface area contributed by atoms with Crippen LogP contribution in [-0.4, -0.2) is 49.3 Å². The average molecular weight is 364 g/mol. The zero-order valence-corrected chi connectivity index (χ0v) is 15.7. The van der Waals surface area contributed by atoms with Gasteiger partial charge >= 0.3 is 0 Å². The minimum atomic E-state index is 0.337. The van der Waals surface area contributed by atoms with Gasteiger partial charge in [0, 0.05) is 30.9 Å². The van der Waals surface area contributed by atoms with Crippen LogP contribution in [0.2, 0.25) is 0 Å². The molecule has 3 heterocycles. The number of aryl methyl sites for hydroxylation is 2. The summed E-state index contributed by atoms with van der Waals surface area (Å²) in [5.74, 6) is 1.71. The maximum atomic E-state index is 4.43. The first-order valence-electron chi connectivity index (χ1n) is 9.41. The third kappa shape index (κ3) is 3.89. The van der Waals surface area contributed by atoms with Gasteiger partial charge in [-0.1, -0.05) is 29.7 Å². The lowest BCUT2D eigenvalue weighted by atomic mass is 10.1. The van der Waals surface area contributed by atoms with Gasteiger partial charge in [-0.3, -0.25) is 0 Å². The summed E-state index contributed by atoms with van der Waals surface area (Å²) in [5.41, 5.74) is 3.25. The molecule has 0 bridgehead atoms. The third-order valence-electron chi connectivity index (χ3n) is 4.97. The molecule has 1 fully saturated rings. The van der Waals surface area contributed by atoms with Crippen LogP contribution in [0.25, 0.3) is 5.69 Å². The maximum Gasteiger partial charge on any atom is 0.247 e. The Morgan fingerprint density at radius 1 is 1.11 bits per heavy atom. The standard InChI is InChI=1S/C19H24N8/c1-3-15-12-18(21-13-20-15)26-10-8-16(9-11-26)22-19-23-24-25-27(19)17-6-4-14(2)5-7-17/h4-7,12-13,16H,3,8-11H2,1-2H3,(H,22,23,25). The van der Waals surface area contributed by atoms with Crippen molar-refractivity contribution in [3.05, 3.63) is 47.9 Å². The number of benzene rings is 1. The van der Waals surface area contributed by atoms with E-state index in [-0.39, 0.29) is 0 Å². The number of piperidine rings is 1. The Balaban J connectivity index is 1.40. The van der Waals surface area contributed by atoms with Gasteiger partial charge in [-0.15, -0.1) is 0 Å². The normalized spacial score (nSPS) is 15.1. The number of tetrazole rings is 1. The lowest BCUT2D eigenvalue weighted by Crippen LogP contribution is -2.40. The molecule has 0 atom stereocenters. The Bertz CT molecular complexity index is 881. The fourth-order valence-electron chi connectivity index (χ4n) is 3.32. The van der Waals surface area contributed by atoms with Gasteiger partial charge in [-0.25, -0.2) is 9.97 Å². The minimum Gasteiger partial charge on any atom is -0.356 e. The summed E-state index contributed by atoms with van der Waals surface area (Å²) in [7, 11) is 0. The highest BCUT2D eigenvalue weighted by Crippen LogP contribution is 2.21. The topological polar surface area (TPSA) is 84.6 Å². The van der Waals surface area contributed by atoms with Gasteiger partial charge in [-0.05, 0) is 48.7 Å². The molecule has 1 aromatic carbocycles. The van der Waals surface area contributed by atoms with E-state index in [4.69, 9.17) is 0 Å². The highest BCUT2D eigenvalue weighted by atomic mass is 15.6. The number of hydrogen-bond donors (Lipinski definition) is 1. The van der Waals surface area contributed by atoms with Crippen molar-refractivity contribution >= 4 is 11.8 Å². The molecule has 1 aliphatic rings. The van der Waals surface area contributed by atoms with E-state index in [1.54, 1.807) is 11.0 Å². The molecule has 0 saturated carbocycles. The van der Waals surface area contributed by atoms with E-state index >= 15 is 0 Å². The van der Waals surface area contributed by atoms with Crippen LogP contribution in [0.4, 0.5) is 11.8 Å². The third-order valence-corrected chi connectivity index (χ3v) is 4.97. The van der Waals surface area contributed by atoms with E-state index in [0.717, 1.165) is 49.6 Å². The molecule has 1 aliphatic heterocycles. The van der Waals surface area contributed by atoms with E-state index in [1.165, 1.54) is 5.56 Å². The molecular weight excluding hydrogens is 340 g/mol. The van der Waals surface area contributed by atoms with Crippen molar-refractivity contribution < 1.29 is 0 Å². The second kappa shape index (κ2) is 7.69. The second-order valence-electron chi connectivity index (χ2n) is 6.88. The van der Waals surface area contributed by atoms with Crippen LogP contribution in [0.5, 0.6) is 0 Å². The first kappa shape index (κ1) is 17.4. The van der Waals surface area contributed by atoms with Crippen molar-refractivity contribution in [2.45, 2.75) is 39.2 Å². The molecule has 1 saturated heterocycles. The van der Waals surface area contributed by atoms with Crippen molar-refractivity contribution in [2.24, 2.45) is 0 Å². The quantitative estimate of drug-likeness (QED) is 0.744. The molecule has 0 spiro atoms. The highest BCUT2D eigenvalue weighted by molar-refractivity contribution is 5.42. The summed E-state index contributed by atoms with van der Waals surface area (Å²) >= 11 is 0. The van der Waals surface area contributed by atoms with Crippen LogP contribution in [-0.2, 0) is 6.42 Å². The van der Waals surface area contributed by atoms with Gasteiger partial charge in [0.1, 0.15) is 12.1 Å². The molecule has 0 amide bonds. The second-order valence-corrected chi connectivity index (χ2v) is 6.88. The molecule has 8 nitrogen and oxygen atoms in total. The Morgan fingerprint density at radius 3 is 2.63 bits per heavy atom. The first-order chi connectivity index (χ1) is 13.2. The van der Waals surface area contributed by atoms with Crippen molar-refractivity contribution in [3.8, 4) is 5.69 Å². The lowest BCUT2D eigenvalue weighted by molar-refractivity contribution is 0.519. The van der Waals surface area contributed by atoms with E-state index in [0.29, 0.717) is 12.0 Å². The zero-order valence-electron chi connectivity index (χ0n) is 15.7. The average Bonchev–Trinajstić information content (AvgIpc) is 3.17. The Labute approximate surface area is 158 Å². The molecule has 27 heavy (non-hydrogen) atoms. The fraction of sp³-hybridized carbons (Fsp3) is 0.421. The smallest absolute Gasteiger partial charge is 0.247 e. The first-order valence-corrected chi connectivity index (χ1v) is 9.41. The Morgan fingerprint density at radius 2 is 1.89 bits per heavy atom. The number of rotatable bonds is 5. The van der Waals surface area contributed by atoms with Crippen LogP contribution in [0.1, 0.15) is 31.0 Å². The number of nitrogens with zero attached hydrogens (tertiary/aromatic N) is 7. The van der Waals surface area contributed by atoms with E-state index in [2.05, 4.69) is 67.8 Å². The largest absolute Gasteiger partial charge is 0.356 e. The van der Waals surface area contributed by atoms with Crippen LogP contribution >= 0.6 is 0 Å². The van der Waals surface area contributed by atoms with Crippen LogP contribution in [0.15, 0.2) is 36.7 Å². The minimum absolute atomic E-state index is 0.337. The van der Waals surface area contributed by atoms with Crippen molar-refractivity contribution in [2.75, 3.05) is 23.3 Å². The number of hydrogen-bond acceptors (Lipinski definition) is 7. The SMILES string of the molecule is CCc1cc(N2CCC(Nc3nnnn3-c3ccc(C)cc3)CC2)ncn1. The van der Waals surface area contributed by atoms with Gasteiger partial charge in [0.25, 0.3) is 0 Å². The van der Waals surface area contributed by atoms with Gasteiger partial charge in [0.05, 0.1) is 5.69 Å². The Kier molecular flexibility index (Phi) is 4.95. The zero-order chi connectivity index (χ0) is 18.6. The van der Waals surface area contributed by atoms with Gasteiger partial charge in [0.2, 0.25) is 5.95 Å². The predicted molar refractivity (Wildman–Crippen MR) is 104 cm³/mol. The fourth-order valence-corrected chi connectivity index (χ4v) is 3.32. The molecule has 0 unspecified atom stereocenters. The monoisotopic (exact) mass is 364 g/mol. The molecule has 2 aromatic heterocycles. The van der Waals surface area contributed by atoms with Crippen LogP contribution < -0.4 is 10.2 Å². The lowest BCUT2D eigenvalue weighted by Gasteiger charge is -2.33. The summed E-state index contributed by atoms with van der Waals surface area (Å²) in [4.78, 5) is 11.0. The van der Waals surface area contributed by atoms with Crippen molar-refractivity contribution in [3.63, 3.8) is 0 Å². The molecule has 0 aliphatic carbocycles. The van der Waals surface area contributed by atoms with Crippen molar-refractivity contribution in [1.29, 1.82) is 0 Å². The Hall–Kier alpha value is -3.03. The molecule has 8 heteroatoms. The van der Waals surface area contributed by atoms with Gasteiger partial charge in [0.15, 0.2) is 0 Å².